The van der Waals surface area contributed by atoms with E-state index in [0.29, 0.717) is 0 Å². The molecule has 2 spiro atoms. The van der Waals surface area contributed by atoms with Crippen LogP contribution >= 0.6 is 0 Å². The van der Waals surface area contributed by atoms with Gasteiger partial charge in [0.05, 0.1) is 16.8 Å². The van der Waals surface area contributed by atoms with Crippen molar-refractivity contribution < 1.29 is 4.74 Å². The number of anilines is 3. The fraction of sp³-hybridized carbons (Fsp3) is 0.212. The predicted octanol–water partition coefficient (Wildman–Crippen LogP) is 13.4. The first-order chi connectivity index (χ1) is 33.2. The van der Waals surface area contributed by atoms with Crippen LogP contribution in [0.1, 0.15) is 111 Å². The molecular formula is C66H57NOSi. The zero-order chi connectivity index (χ0) is 47.0. The van der Waals surface area contributed by atoms with Crippen LogP contribution in [-0.2, 0) is 21.7 Å². The van der Waals surface area contributed by atoms with Crippen molar-refractivity contribution in [1.82, 2.24) is 0 Å². The summed E-state index contributed by atoms with van der Waals surface area (Å²) in [6.45, 7) is 19.1. The molecule has 0 bridgehead atoms. The SMILES string of the molecule is CC(C)(C)c1ccc2c(c1)C1(c3ccccc3N(c3ccc4c(c3)[Si]3(c5ccccc5-c5ccccc53)c3ccccc3-4)c3c1ccc1c3OC3C=CC=CC13)c1cc(C(C)(C)C)ccc1C2(C)C. The van der Waals surface area contributed by atoms with Crippen LogP contribution in [0.2, 0.25) is 0 Å². The van der Waals surface area contributed by atoms with Crippen LogP contribution in [0, 0.1) is 0 Å². The van der Waals surface area contributed by atoms with Gasteiger partial charge in [0.15, 0.2) is 8.07 Å². The van der Waals surface area contributed by atoms with E-state index in [1.807, 2.05) is 0 Å². The molecule has 4 aliphatic heterocycles. The molecule has 0 aromatic heterocycles. The molecule has 336 valence electrons. The predicted molar refractivity (Wildman–Crippen MR) is 290 cm³/mol. The minimum atomic E-state index is -2.75. The zero-order valence-corrected chi connectivity index (χ0v) is 41.9. The summed E-state index contributed by atoms with van der Waals surface area (Å²) < 4.78 is 7.44. The van der Waals surface area contributed by atoms with E-state index in [9.17, 15) is 0 Å². The Morgan fingerprint density at radius 1 is 0.478 bits per heavy atom. The van der Waals surface area contributed by atoms with E-state index in [-0.39, 0.29) is 28.3 Å². The van der Waals surface area contributed by atoms with Crippen LogP contribution in [0.3, 0.4) is 0 Å². The molecule has 2 unspecified atom stereocenters. The van der Waals surface area contributed by atoms with Crippen molar-refractivity contribution in [2.75, 3.05) is 4.90 Å². The second kappa shape index (κ2) is 13.6. The molecule has 0 saturated carbocycles. The van der Waals surface area contributed by atoms with Crippen LogP contribution in [0.15, 0.2) is 188 Å². The minimum absolute atomic E-state index is 0.0638. The molecule has 0 N–H and O–H groups in total. The highest BCUT2D eigenvalue weighted by atomic mass is 28.3. The number of benzene rings is 8. The first-order valence-corrected chi connectivity index (χ1v) is 27.1. The molecule has 2 nitrogen and oxygen atoms in total. The van der Waals surface area contributed by atoms with E-state index in [4.69, 9.17) is 4.74 Å². The number of fused-ring (bicyclic) bond motifs is 22. The van der Waals surface area contributed by atoms with Crippen LogP contribution in [0.25, 0.3) is 22.3 Å². The number of nitrogens with zero attached hydrogens (tertiary/aromatic N) is 1. The number of para-hydroxylation sites is 1. The number of hydrogen-bond donors (Lipinski definition) is 0. The highest BCUT2D eigenvalue weighted by Crippen LogP contribution is 2.66. The second-order valence-corrected chi connectivity index (χ2v) is 26.8. The van der Waals surface area contributed by atoms with E-state index in [1.165, 1.54) is 104 Å². The lowest BCUT2D eigenvalue weighted by Gasteiger charge is -2.53. The van der Waals surface area contributed by atoms with Crippen LogP contribution in [0.4, 0.5) is 17.1 Å². The summed E-state index contributed by atoms with van der Waals surface area (Å²) in [4.78, 5) is 2.62. The van der Waals surface area contributed by atoms with Crippen molar-refractivity contribution in [1.29, 1.82) is 0 Å². The number of allylic oxidation sites excluding steroid dienone is 2. The largest absolute Gasteiger partial charge is 0.483 e. The van der Waals surface area contributed by atoms with Crippen molar-refractivity contribution in [3.8, 4) is 28.0 Å². The van der Waals surface area contributed by atoms with Gasteiger partial charge in [0, 0.05) is 22.6 Å². The average Bonchev–Trinajstić information content (AvgIpc) is 3.99. The van der Waals surface area contributed by atoms with Gasteiger partial charge in [-0.25, -0.2) is 0 Å². The third kappa shape index (κ3) is 5.11. The zero-order valence-electron chi connectivity index (χ0n) is 40.9. The summed E-state index contributed by atoms with van der Waals surface area (Å²) in [5.74, 6) is 1.12. The third-order valence-corrected chi connectivity index (χ3v) is 22.2. The minimum Gasteiger partial charge on any atom is -0.483 e. The topological polar surface area (TPSA) is 12.5 Å². The van der Waals surface area contributed by atoms with Crippen molar-refractivity contribution in [3.63, 3.8) is 0 Å². The summed E-state index contributed by atoms with van der Waals surface area (Å²) in [5.41, 5.74) is 19.9. The highest BCUT2D eigenvalue weighted by Gasteiger charge is 2.57. The first-order valence-electron chi connectivity index (χ1n) is 25.1. The van der Waals surface area contributed by atoms with Gasteiger partial charge in [-0.1, -0.05) is 219 Å². The van der Waals surface area contributed by atoms with Crippen molar-refractivity contribution in [2.45, 2.75) is 89.1 Å². The van der Waals surface area contributed by atoms with Crippen LogP contribution in [0.5, 0.6) is 5.75 Å². The molecule has 14 rings (SSSR count). The molecule has 8 aromatic rings. The lowest BCUT2D eigenvalue weighted by atomic mass is 9.52. The second-order valence-electron chi connectivity index (χ2n) is 23.1. The molecule has 2 aliphatic carbocycles. The van der Waals surface area contributed by atoms with Gasteiger partial charge in [-0.3, -0.25) is 0 Å². The van der Waals surface area contributed by atoms with Gasteiger partial charge in [0.2, 0.25) is 0 Å². The highest BCUT2D eigenvalue weighted by molar-refractivity contribution is 7.24. The fourth-order valence-electron chi connectivity index (χ4n) is 14.0. The maximum Gasteiger partial charge on any atom is 0.182 e. The lowest BCUT2D eigenvalue weighted by molar-refractivity contribution is 0.269. The van der Waals surface area contributed by atoms with Crippen molar-refractivity contribution >= 4 is 45.9 Å². The number of hydrogen-bond acceptors (Lipinski definition) is 2. The lowest BCUT2D eigenvalue weighted by Crippen LogP contribution is -2.70. The molecule has 0 fully saturated rings. The van der Waals surface area contributed by atoms with Gasteiger partial charge in [-0.2, -0.15) is 0 Å². The number of ether oxygens (including phenoxy) is 1. The van der Waals surface area contributed by atoms with E-state index in [2.05, 4.69) is 248 Å². The summed E-state index contributed by atoms with van der Waals surface area (Å²) in [7, 11) is -2.75. The maximum atomic E-state index is 7.44. The molecule has 3 heteroatoms. The quantitative estimate of drug-likeness (QED) is 0.152. The van der Waals surface area contributed by atoms with Crippen LogP contribution < -0.4 is 30.4 Å². The molecule has 69 heavy (non-hydrogen) atoms. The molecule has 6 aliphatic rings. The monoisotopic (exact) mass is 907 g/mol. The molecule has 4 heterocycles. The Labute approximate surface area is 408 Å². The molecule has 0 saturated heterocycles. The average molecular weight is 908 g/mol. The Bertz CT molecular complexity index is 3500. The fourth-order valence-corrected chi connectivity index (χ4v) is 19.6. The smallest absolute Gasteiger partial charge is 0.182 e. The summed E-state index contributed by atoms with van der Waals surface area (Å²) in [6, 6.07) is 64.6. The Morgan fingerprint density at radius 3 is 1.59 bits per heavy atom. The summed E-state index contributed by atoms with van der Waals surface area (Å²) in [6.07, 6.45) is 8.88. The van der Waals surface area contributed by atoms with Gasteiger partial charge in [0.1, 0.15) is 11.9 Å². The van der Waals surface area contributed by atoms with Crippen molar-refractivity contribution in [3.05, 3.63) is 238 Å². The number of rotatable bonds is 1. The first kappa shape index (κ1) is 41.1. The van der Waals surface area contributed by atoms with Gasteiger partial charge < -0.3 is 9.64 Å². The summed E-state index contributed by atoms with van der Waals surface area (Å²) >= 11 is 0. The van der Waals surface area contributed by atoms with Gasteiger partial charge in [0.25, 0.3) is 0 Å². The Balaban J connectivity index is 1.12. The van der Waals surface area contributed by atoms with E-state index >= 15 is 0 Å². The van der Waals surface area contributed by atoms with Gasteiger partial charge in [-0.15, -0.1) is 0 Å². The Morgan fingerprint density at radius 2 is 1.00 bits per heavy atom. The standard InChI is InChI=1S/C66H57NOSi/c1-63(2,3)40-29-34-49-53(37-40)66(54-38-41(64(4,5)6)30-35-50(54)65(49,7)8)51-23-13-14-24-55(51)67(61-52(66)36-33-48-43-19-9-15-25-56(43)68-62(48)61)42-31-32-47-46-22-12-18-28-59(46)69(60(47)39-42)57-26-16-10-20-44(57)45-21-11-17-27-58(45)69/h9-39,43,56H,1-8H3. The summed E-state index contributed by atoms with van der Waals surface area (Å²) in [5, 5.41) is 5.93. The Hall–Kier alpha value is -6.94. The molecule has 8 aromatic carbocycles. The normalized spacial score (nSPS) is 19.3. The van der Waals surface area contributed by atoms with Gasteiger partial charge in [-0.05, 0) is 123 Å². The maximum absolute atomic E-state index is 7.44. The third-order valence-electron chi connectivity index (χ3n) is 17.2. The molecular weight excluding hydrogens is 851 g/mol. The molecule has 0 radical (unpaired) electrons. The van der Waals surface area contributed by atoms with Crippen molar-refractivity contribution in [2.24, 2.45) is 0 Å². The molecule has 2 atom stereocenters. The molecule has 0 amide bonds. The van der Waals surface area contributed by atoms with E-state index in [1.54, 1.807) is 0 Å². The van der Waals surface area contributed by atoms with E-state index in [0.717, 1.165) is 11.4 Å². The van der Waals surface area contributed by atoms with Gasteiger partial charge >= 0.3 is 0 Å². The Kier molecular flexibility index (Phi) is 8.12. The van der Waals surface area contributed by atoms with Crippen LogP contribution in [-0.4, -0.2) is 14.2 Å². The van der Waals surface area contributed by atoms with E-state index < -0.39 is 13.5 Å².